The summed E-state index contributed by atoms with van der Waals surface area (Å²) in [5, 5.41) is 20.1. The lowest BCUT2D eigenvalue weighted by Crippen LogP contribution is -2.13. The fourth-order valence-electron chi connectivity index (χ4n) is 6.91. The van der Waals surface area contributed by atoms with Gasteiger partial charge in [-0.15, -0.1) is 0 Å². The number of carbonyl (C=O) groups is 1. The van der Waals surface area contributed by atoms with E-state index in [2.05, 4.69) is 87.4 Å². The molecule has 0 atom stereocenters. The Morgan fingerprint density at radius 2 is 1.03 bits per heavy atom. The summed E-state index contributed by atoms with van der Waals surface area (Å²) in [4.78, 5) is 12.3. The summed E-state index contributed by atoms with van der Waals surface area (Å²) < 4.78 is 5.33. The number of anilines is 2. The number of rotatable bonds is 11. The highest BCUT2D eigenvalue weighted by Crippen LogP contribution is 2.29. The zero-order valence-corrected chi connectivity index (χ0v) is 36.0. The molecule has 9 rings (SSSR count). The van der Waals surface area contributed by atoms with Crippen LogP contribution in [0.5, 0.6) is 0 Å². The summed E-state index contributed by atoms with van der Waals surface area (Å²) in [5.41, 5.74) is 19.9. The summed E-state index contributed by atoms with van der Waals surface area (Å²) in [6, 6.07) is 57.6. The van der Waals surface area contributed by atoms with Gasteiger partial charge >= 0.3 is 6.09 Å². The summed E-state index contributed by atoms with van der Waals surface area (Å²) in [6.07, 6.45) is 7.65. The summed E-state index contributed by atoms with van der Waals surface area (Å²) in [5.74, 6) is 0. The van der Waals surface area contributed by atoms with Gasteiger partial charge in [0.1, 0.15) is 6.61 Å². The van der Waals surface area contributed by atoms with Crippen LogP contribution in [-0.2, 0) is 11.3 Å². The predicted octanol–water partition coefficient (Wildman–Crippen LogP) is 14.6. The molecule has 0 radical (unpaired) electrons. The molecule has 65 heavy (non-hydrogen) atoms. The number of carbonyl (C=O) groups excluding carboxylic acids is 1. The van der Waals surface area contributed by atoms with Crippen molar-refractivity contribution in [2.75, 3.05) is 11.1 Å². The zero-order valence-electron chi connectivity index (χ0n) is 36.0. The lowest BCUT2D eigenvalue weighted by molar-refractivity contribution is 0.155. The highest BCUT2D eigenvalue weighted by atomic mass is 16.5. The molecule has 324 valence electrons. The minimum absolute atomic E-state index is 0. The van der Waals surface area contributed by atoms with Crippen molar-refractivity contribution in [3.63, 3.8) is 0 Å². The largest absolute Gasteiger partial charge is 0.444 e. The number of nitrogens with two attached hydrogens (primary N) is 1. The van der Waals surface area contributed by atoms with Gasteiger partial charge in [0.2, 0.25) is 0 Å². The third-order valence-corrected chi connectivity index (χ3v) is 10.3. The van der Waals surface area contributed by atoms with E-state index in [-0.39, 0.29) is 14.0 Å². The second-order valence-electron chi connectivity index (χ2n) is 14.6. The van der Waals surface area contributed by atoms with Crippen LogP contribution in [0.1, 0.15) is 71.6 Å². The van der Waals surface area contributed by atoms with E-state index in [1.807, 2.05) is 166 Å². The van der Waals surface area contributed by atoms with Crippen molar-refractivity contribution in [3.8, 4) is 0 Å². The van der Waals surface area contributed by atoms with Crippen molar-refractivity contribution in [2.45, 2.75) is 27.9 Å². The molecule has 5 N–H and O–H groups in total. The van der Waals surface area contributed by atoms with Crippen LogP contribution in [0.25, 0.3) is 57.3 Å². The number of fused-ring (bicyclic) bond motifs is 2. The fraction of sp³-hybridized carbons (Fsp3) is 0.0702. The SMILES string of the molecule is C.C=C(c1cccc(N)c1)c1ccc2c(/C=C/c3ccccc3)n[nH]c2c1.C=C(c1cccc(NC(=O)OCc2ccccc2)c1)c1ccc2c(/C=C/c3ccccc3)n[nH]c2c1.CC. The van der Waals surface area contributed by atoms with E-state index >= 15 is 0 Å². The maximum atomic E-state index is 12.3. The van der Waals surface area contributed by atoms with Gasteiger partial charge in [-0.1, -0.05) is 174 Å². The number of hydrogen-bond donors (Lipinski definition) is 4. The molecule has 0 fully saturated rings. The lowest BCUT2D eigenvalue weighted by atomic mass is 9.98. The van der Waals surface area contributed by atoms with E-state index < -0.39 is 6.09 Å². The molecule has 8 nitrogen and oxygen atoms in total. The number of nitrogens with zero attached hydrogens (tertiary/aromatic N) is 2. The second-order valence-corrected chi connectivity index (χ2v) is 14.6. The number of benzene rings is 7. The maximum Gasteiger partial charge on any atom is 0.411 e. The number of nitrogens with one attached hydrogen (secondary N) is 3. The van der Waals surface area contributed by atoms with E-state index in [4.69, 9.17) is 10.5 Å². The van der Waals surface area contributed by atoms with Gasteiger partial charge in [-0.3, -0.25) is 15.5 Å². The van der Waals surface area contributed by atoms with Crippen molar-refractivity contribution < 1.29 is 9.53 Å². The third kappa shape index (κ3) is 12.1. The number of hydrogen-bond acceptors (Lipinski definition) is 5. The normalized spacial score (nSPS) is 10.7. The first-order valence-corrected chi connectivity index (χ1v) is 21.1. The van der Waals surface area contributed by atoms with Gasteiger partial charge in [-0.05, 0) is 111 Å². The smallest absolute Gasteiger partial charge is 0.411 e. The summed E-state index contributed by atoms with van der Waals surface area (Å²) in [7, 11) is 0. The van der Waals surface area contributed by atoms with Gasteiger partial charge in [0.25, 0.3) is 0 Å². The van der Waals surface area contributed by atoms with E-state index in [0.29, 0.717) is 5.69 Å². The average Bonchev–Trinajstić information content (AvgIpc) is 3.96. The van der Waals surface area contributed by atoms with Gasteiger partial charge in [0, 0.05) is 22.1 Å². The van der Waals surface area contributed by atoms with Crippen LogP contribution >= 0.6 is 0 Å². The van der Waals surface area contributed by atoms with Crippen molar-refractivity contribution in [3.05, 3.63) is 239 Å². The fourth-order valence-corrected chi connectivity index (χ4v) is 6.91. The standard InChI is InChI=1S/C31H25N3O2.C23H19N3.C2H6.CH4/c1-22(25-13-8-14-27(19-25)32-31(35)36-21-24-11-6-3-7-12-24)26-16-17-28-29(33-34-30(28)20-26)18-15-23-9-4-2-5-10-23;1-16(18-8-5-9-20(24)14-18)19-11-12-21-22(25-26-23(21)15-19)13-10-17-6-3-2-4-7-17;1-2;/h2-20H,1,21H2,(H,32,35)(H,33,34);2-15H,1,24H2,(H,25,26);1-2H3;1H4/b18-15+;13-10+;;. The maximum absolute atomic E-state index is 12.3. The highest BCUT2D eigenvalue weighted by molar-refractivity contribution is 5.94. The Hall–Kier alpha value is -8.49. The number of H-pyrrole nitrogens is 2. The highest BCUT2D eigenvalue weighted by Gasteiger charge is 2.11. The van der Waals surface area contributed by atoms with Crippen LogP contribution in [0.15, 0.2) is 189 Å². The zero-order chi connectivity index (χ0) is 44.7. The molecule has 0 bridgehead atoms. The molecule has 9 aromatic rings. The minimum Gasteiger partial charge on any atom is -0.444 e. The number of aromatic amines is 2. The van der Waals surface area contributed by atoms with E-state index in [1.165, 1.54) is 0 Å². The van der Waals surface area contributed by atoms with Gasteiger partial charge in [-0.2, -0.15) is 10.2 Å². The minimum atomic E-state index is -0.503. The first-order chi connectivity index (χ1) is 31.4. The molecular weight excluding hydrogens is 801 g/mol. The van der Waals surface area contributed by atoms with Gasteiger partial charge in [0.15, 0.2) is 0 Å². The van der Waals surface area contributed by atoms with Crippen LogP contribution in [-0.4, -0.2) is 26.5 Å². The summed E-state index contributed by atoms with van der Waals surface area (Å²) >= 11 is 0. The molecule has 2 aromatic heterocycles. The van der Waals surface area contributed by atoms with Gasteiger partial charge < -0.3 is 10.5 Å². The molecule has 0 unspecified atom stereocenters. The third-order valence-electron chi connectivity index (χ3n) is 10.3. The monoisotopic (exact) mass is 854 g/mol. The lowest BCUT2D eigenvalue weighted by Gasteiger charge is -2.11. The molecule has 0 aliphatic heterocycles. The molecular formula is C57H54N6O2. The first kappa shape index (κ1) is 46.0. The van der Waals surface area contributed by atoms with Crippen LogP contribution in [0.3, 0.4) is 0 Å². The molecule has 0 spiro atoms. The Bertz CT molecular complexity index is 3060. The Kier molecular flexibility index (Phi) is 16.0. The molecule has 0 saturated carbocycles. The van der Waals surface area contributed by atoms with E-state index in [1.54, 1.807) is 0 Å². The van der Waals surface area contributed by atoms with Crippen LogP contribution in [0.4, 0.5) is 16.2 Å². The molecule has 7 aromatic carbocycles. The van der Waals surface area contributed by atoms with E-state index in [9.17, 15) is 4.79 Å². The molecule has 8 heteroatoms. The number of aromatic nitrogens is 4. The van der Waals surface area contributed by atoms with Crippen molar-refractivity contribution >= 4 is 74.7 Å². The number of amides is 1. The van der Waals surface area contributed by atoms with Crippen LogP contribution in [0.2, 0.25) is 0 Å². The predicted molar refractivity (Wildman–Crippen MR) is 275 cm³/mol. The van der Waals surface area contributed by atoms with Crippen molar-refractivity contribution in [2.24, 2.45) is 0 Å². The Morgan fingerprint density at radius 3 is 1.54 bits per heavy atom. The molecule has 1 amide bonds. The first-order valence-electron chi connectivity index (χ1n) is 21.1. The van der Waals surface area contributed by atoms with Crippen molar-refractivity contribution in [1.82, 2.24) is 20.4 Å². The molecule has 0 aliphatic rings. The molecule has 0 aliphatic carbocycles. The molecule has 2 heterocycles. The quantitative estimate of drug-likeness (QED) is 0.0965. The summed E-state index contributed by atoms with van der Waals surface area (Å²) in [6.45, 7) is 12.7. The topological polar surface area (TPSA) is 122 Å². The van der Waals surface area contributed by atoms with Crippen molar-refractivity contribution in [1.29, 1.82) is 0 Å². The second kappa shape index (κ2) is 22.6. The van der Waals surface area contributed by atoms with E-state index in [0.717, 1.165) is 89.0 Å². The number of nitrogen functional groups attached to an aromatic ring is 1. The number of ether oxygens (including phenoxy) is 1. The molecule has 0 saturated heterocycles. The van der Waals surface area contributed by atoms with Crippen LogP contribution < -0.4 is 11.1 Å². The van der Waals surface area contributed by atoms with Gasteiger partial charge in [-0.25, -0.2) is 4.79 Å². The Morgan fingerprint density at radius 1 is 0.569 bits per heavy atom. The van der Waals surface area contributed by atoms with Crippen LogP contribution in [0, 0.1) is 0 Å². The Labute approximate surface area is 381 Å². The van der Waals surface area contributed by atoms with Gasteiger partial charge in [0.05, 0.1) is 22.4 Å². The average molecular weight is 855 g/mol. The Balaban J connectivity index is 0.000000214.